The van der Waals surface area contributed by atoms with Gasteiger partial charge in [0.05, 0.1) is 31.2 Å². The van der Waals surface area contributed by atoms with Crippen molar-refractivity contribution < 1.29 is 17.9 Å². The quantitative estimate of drug-likeness (QED) is 0.748. The maximum atomic E-state index is 12.9. The summed E-state index contributed by atoms with van der Waals surface area (Å²) in [4.78, 5) is 12.7. The van der Waals surface area contributed by atoms with Crippen LogP contribution in [0.25, 0.3) is 11.3 Å². The summed E-state index contributed by atoms with van der Waals surface area (Å²) >= 11 is 0. The van der Waals surface area contributed by atoms with Crippen LogP contribution >= 0.6 is 0 Å². The molecule has 0 aromatic carbocycles. The molecule has 2 aliphatic rings. The summed E-state index contributed by atoms with van der Waals surface area (Å²) in [6.45, 7) is 2.52. The van der Waals surface area contributed by atoms with Crippen LogP contribution in [0.2, 0.25) is 0 Å². The Bertz CT molecular complexity index is 874. The van der Waals surface area contributed by atoms with E-state index in [1.54, 1.807) is 12.4 Å². The van der Waals surface area contributed by atoms with E-state index in [0.29, 0.717) is 45.1 Å². The second-order valence-electron chi connectivity index (χ2n) is 6.31. The summed E-state index contributed by atoms with van der Waals surface area (Å²) in [6.07, 6.45) is 4.43. The van der Waals surface area contributed by atoms with Gasteiger partial charge < -0.3 is 9.47 Å². The molecule has 144 valence electrons. The lowest BCUT2D eigenvalue weighted by atomic mass is 10.1. The highest BCUT2D eigenvalue weighted by atomic mass is 32.2. The number of ether oxygens (including phenoxy) is 2. The fourth-order valence-electron chi connectivity index (χ4n) is 3.18. The average molecular weight is 391 g/mol. The molecule has 2 saturated heterocycles. The van der Waals surface area contributed by atoms with Crippen LogP contribution in [-0.4, -0.2) is 78.0 Å². The first-order valence-electron chi connectivity index (χ1n) is 8.81. The van der Waals surface area contributed by atoms with Crippen LogP contribution in [0.1, 0.15) is 11.8 Å². The maximum absolute atomic E-state index is 12.9. The third kappa shape index (κ3) is 3.99. The number of morpholine rings is 2. The molecule has 2 aromatic heterocycles. The number of aromatic nitrogens is 3. The number of hydrogen-bond donors (Lipinski definition) is 0. The van der Waals surface area contributed by atoms with E-state index in [4.69, 9.17) is 9.47 Å². The predicted molar refractivity (Wildman–Crippen MR) is 96.8 cm³/mol. The van der Waals surface area contributed by atoms with Crippen LogP contribution in [0.4, 0.5) is 0 Å². The van der Waals surface area contributed by atoms with Crippen molar-refractivity contribution in [1.29, 1.82) is 0 Å². The van der Waals surface area contributed by atoms with E-state index < -0.39 is 16.3 Å². The van der Waals surface area contributed by atoms with Crippen molar-refractivity contribution in [2.45, 2.75) is 6.10 Å². The van der Waals surface area contributed by atoms with Crippen LogP contribution in [0.3, 0.4) is 0 Å². The second-order valence-corrected chi connectivity index (χ2v) is 8.24. The molecule has 0 unspecified atom stereocenters. The zero-order chi connectivity index (χ0) is 18.7. The van der Waals surface area contributed by atoms with Gasteiger partial charge in [-0.1, -0.05) is 6.07 Å². The van der Waals surface area contributed by atoms with Gasteiger partial charge in [-0.05, 0) is 12.1 Å². The minimum Gasteiger partial charge on any atom is -0.379 e. The molecule has 2 aliphatic heterocycles. The SMILES string of the molecule is O=S(=O)(N1CCOCC1)N1CCO[C@H](c2cccc(-c3cncnc3)n2)C1. The van der Waals surface area contributed by atoms with Gasteiger partial charge in [0, 0.05) is 44.1 Å². The minimum atomic E-state index is -3.53. The van der Waals surface area contributed by atoms with Gasteiger partial charge in [0.25, 0.3) is 10.2 Å². The first-order valence-corrected chi connectivity index (χ1v) is 10.2. The Morgan fingerprint density at radius 3 is 2.52 bits per heavy atom. The van der Waals surface area contributed by atoms with Crippen molar-refractivity contribution in [3.05, 3.63) is 42.6 Å². The van der Waals surface area contributed by atoms with Crippen molar-refractivity contribution in [2.75, 3.05) is 46.0 Å². The van der Waals surface area contributed by atoms with Gasteiger partial charge in [-0.15, -0.1) is 0 Å². The van der Waals surface area contributed by atoms with Crippen LogP contribution < -0.4 is 0 Å². The van der Waals surface area contributed by atoms with Gasteiger partial charge in [-0.3, -0.25) is 0 Å². The Hall–Kier alpha value is -1.98. The van der Waals surface area contributed by atoms with Crippen molar-refractivity contribution >= 4 is 10.2 Å². The van der Waals surface area contributed by atoms with Crippen molar-refractivity contribution in [3.63, 3.8) is 0 Å². The number of rotatable bonds is 4. The topological polar surface area (TPSA) is 97.8 Å². The lowest BCUT2D eigenvalue weighted by molar-refractivity contribution is -0.00838. The Labute approximate surface area is 158 Å². The fraction of sp³-hybridized carbons (Fsp3) is 0.471. The molecular formula is C17H21N5O4S. The third-order valence-corrected chi connectivity index (χ3v) is 6.61. The number of pyridine rings is 1. The lowest BCUT2D eigenvalue weighted by Crippen LogP contribution is -2.52. The minimum absolute atomic E-state index is 0.238. The van der Waals surface area contributed by atoms with Crippen molar-refractivity contribution in [2.24, 2.45) is 0 Å². The summed E-state index contributed by atoms with van der Waals surface area (Å²) in [5.41, 5.74) is 2.22. The summed E-state index contributed by atoms with van der Waals surface area (Å²) < 4.78 is 39.9. The molecule has 4 rings (SSSR count). The van der Waals surface area contributed by atoms with Gasteiger partial charge in [-0.25, -0.2) is 15.0 Å². The second kappa shape index (κ2) is 7.95. The summed E-state index contributed by atoms with van der Waals surface area (Å²) in [5, 5.41) is 0. The molecule has 0 bridgehead atoms. The van der Waals surface area contributed by atoms with E-state index in [1.807, 2.05) is 18.2 Å². The van der Waals surface area contributed by atoms with E-state index in [0.717, 1.165) is 11.3 Å². The van der Waals surface area contributed by atoms with E-state index in [9.17, 15) is 8.42 Å². The monoisotopic (exact) mass is 391 g/mol. The number of hydrogen-bond acceptors (Lipinski definition) is 7. The molecule has 2 aromatic rings. The van der Waals surface area contributed by atoms with Gasteiger partial charge in [0.2, 0.25) is 0 Å². The van der Waals surface area contributed by atoms with Crippen molar-refractivity contribution in [1.82, 2.24) is 23.6 Å². The summed E-state index contributed by atoms with van der Waals surface area (Å²) in [7, 11) is -3.53. The van der Waals surface area contributed by atoms with Crippen LogP contribution in [0.5, 0.6) is 0 Å². The van der Waals surface area contributed by atoms with Crippen molar-refractivity contribution in [3.8, 4) is 11.3 Å². The molecule has 0 N–H and O–H groups in total. The van der Waals surface area contributed by atoms with Gasteiger partial charge in [0.15, 0.2) is 0 Å². The molecule has 0 spiro atoms. The number of nitrogens with zero attached hydrogens (tertiary/aromatic N) is 5. The molecule has 10 heteroatoms. The Morgan fingerprint density at radius 1 is 1.00 bits per heavy atom. The van der Waals surface area contributed by atoms with Gasteiger partial charge in [-0.2, -0.15) is 17.0 Å². The van der Waals surface area contributed by atoms with E-state index in [1.165, 1.54) is 14.9 Å². The molecule has 27 heavy (non-hydrogen) atoms. The molecule has 0 aliphatic carbocycles. The molecular weight excluding hydrogens is 370 g/mol. The molecule has 4 heterocycles. The van der Waals surface area contributed by atoms with Gasteiger partial charge in [0.1, 0.15) is 12.4 Å². The van der Waals surface area contributed by atoms with Crippen LogP contribution in [-0.2, 0) is 19.7 Å². The van der Waals surface area contributed by atoms with E-state index in [-0.39, 0.29) is 6.54 Å². The zero-order valence-corrected chi connectivity index (χ0v) is 15.6. The predicted octanol–water partition coefficient (Wildman–Crippen LogP) is 0.489. The summed E-state index contributed by atoms with van der Waals surface area (Å²) in [5.74, 6) is 0. The Morgan fingerprint density at radius 2 is 1.74 bits per heavy atom. The Balaban J connectivity index is 1.53. The van der Waals surface area contributed by atoms with Crippen LogP contribution in [0, 0.1) is 0 Å². The van der Waals surface area contributed by atoms with E-state index >= 15 is 0 Å². The molecule has 0 radical (unpaired) electrons. The molecule has 0 amide bonds. The molecule has 1 atom stereocenters. The smallest absolute Gasteiger partial charge is 0.282 e. The van der Waals surface area contributed by atoms with Gasteiger partial charge >= 0.3 is 0 Å². The standard InChI is InChI=1S/C17H21N5O4S/c23-27(24,21-4-7-25-8-5-21)22-6-9-26-17(12-22)16-3-1-2-15(20-16)14-10-18-13-19-11-14/h1-3,10-11,13,17H,4-9,12H2/t17-/m0/s1. The highest BCUT2D eigenvalue weighted by molar-refractivity contribution is 7.86. The van der Waals surface area contributed by atoms with E-state index in [2.05, 4.69) is 15.0 Å². The normalized spacial score (nSPS) is 22.6. The molecule has 2 fully saturated rings. The molecule has 0 saturated carbocycles. The van der Waals surface area contributed by atoms with Crippen LogP contribution in [0.15, 0.2) is 36.9 Å². The Kier molecular flexibility index (Phi) is 5.41. The zero-order valence-electron chi connectivity index (χ0n) is 14.8. The average Bonchev–Trinajstić information content (AvgIpc) is 2.75. The largest absolute Gasteiger partial charge is 0.379 e. The maximum Gasteiger partial charge on any atom is 0.282 e. The first kappa shape index (κ1) is 18.4. The highest BCUT2D eigenvalue weighted by Crippen LogP contribution is 2.26. The first-order chi connectivity index (χ1) is 13.1. The lowest BCUT2D eigenvalue weighted by Gasteiger charge is -2.36. The third-order valence-electron chi connectivity index (χ3n) is 4.61. The summed E-state index contributed by atoms with van der Waals surface area (Å²) in [6, 6.07) is 5.60. The molecule has 9 nitrogen and oxygen atoms in total. The fourth-order valence-corrected chi connectivity index (χ4v) is 4.74. The highest BCUT2D eigenvalue weighted by Gasteiger charge is 2.35.